The molecule has 0 saturated heterocycles. The van der Waals surface area contributed by atoms with E-state index in [9.17, 15) is 35.2 Å². The molecule has 0 aliphatic rings. The second-order valence-corrected chi connectivity index (χ2v) is 10.5. The zero-order valence-electron chi connectivity index (χ0n) is 12.1. The molecule has 0 bridgehead atoms. The average molecular weight is 387 g/mol. The van der Waals surface area contributed by atoms with Crippen LogP contribution in [0.25, 0.3) is 0 Å². The largest absolute Gasteiger partial charge is 0.507 e. The number of rotatable bonds is 5. The summed E-state index contributed by atoms with van der Waals surface area (Å²) in [4.78, 5) is 10.6. The average Bonchev–Trinajstić information content (AvgIpc) is 2.33. The Kier molecular flexibility index (Phi) is 5.10. The van der Waals surface area contributed by atoms with E-state index in [1.165, 1.54) is 0 Å². The monoisotopic (exact) mass is 387 g/mol. The molecule has 1 rings (SSSR count). The van der Waals surface area contributed by atoms with E-state index in [0.717, 1.165) is 19.2 Å². The molecule has 1 aromatic carbocycles. The molecule has 0 heterocycles. The summed E-state index contributed by atoms with van der Waals surface area (Å²) in [6.45, 7) is 0. The number of esters is 1. The van der Waals surface area contributed by atoms with Crippen LogP contribution < -0.4 is 0 Å². The van der Waals surface area contributed by atoms with E-state index < -0.39 is 55.4 Å². The molecule has 0 aliphatic carbocycles. The molecule has 0 saturated carbocycles. The first-order chi connectivity index (χ1) is 10.2. The van der Waals surface area contributed by atoms with Gasteiger partial charge in [-0.05, 0) is 18.2 Å². The van der Waals surface area contributed by atoms with Gasteiger partial charge in [0.1, 0.15) is 11.3 Å². The van der Waals surface area contributed by atoms with E-state index in [1.54, 1.807) is 0 Å². The van der Waals surface area contributed by atoms with E-state index in [-0.39, 0.29) is 0 Å². The van der Waals surface area contributed by atoms with Crippen molar-refractivity contribution in [2.75, 3.05) is 19.6 Å². The van der Waals surface area contributed by atoms with Crippen LogP contribution in [0.5, 0.6) is 5.75 Å². The number of hydrogen-bond acceptors (Lipinski definition) is 9. The minimum atomic E-state index is -5.06. The van der Waals surface area contributed by atoms with Crippen molar-refractivity contribution in [2.45, 2.75) is 4.90 Å². The minimum absolute atomic E-state index is 0.396. The number of carbonyl (C=O) groups excluding carboxylic acids is 1. The molecule has 0 aliphatic heterocycles. The van der Waals surface area contributed by atoms with Gasteiger partial charge < -0.3 is 9.84 Å². The van der Waals surface area contributed by atoms with E-state index in [4.69, 9.17) is 0 Å². The molecule has 0 amide bonds. The topological polar surface area (TPSA) is 152 Å². The number of hydrogen-bond donors (Lipinski definition) is 1. The number of nitrogens with zero attached hydrogens (tertiary/aromatic N) is 1. The van der Waals surface area contributed by atoms with Gasteiger partial charge in [0.15, 0.2) is 0 Å². The molecule has 0 fully saturated rings. The predicted octanol–water partition coefficient (Wildman–Crippen LogP) is -0.911. The van der Waals surface area contributed by atoms with E-state index in [0.29, 0.717) is 18.6 Å². The smallest absolute Gasteiger partial charge is 0.341 e. The van der Waals surface area contributed by atoms with Gasteiger partial charge in [-0.1, -0.05) is 0 Å². The van der Waals surface area contributed by atoms with Crippen molar-refractivity contribution >= 4 is 36.0 Å². The van der Waals surface area contributed by atoms with Crippen LogP contribution in [0.4, 0.5) is 0 Å². The third-order valence-electron chi connectivity index (χ3n) is 2.41. The predicted molar refractivity (Wildman–Crippen MR) is 78.2 cm³/mol. The van der Waals surface area contributed by atoms with Gasteiger partial charge in [-0.25, -0.2) is 30.0 Å². The maximum absolute atomic E-state index is 12.3. The fourth-order valence-corrected chi connectivity index (χ4v) is 7.65. The summed E-state index contributed by atoms with van der Waals surface area (Å²) >= 11 is 0. The van der Waals surface area contributed by atoms with Crippen molar-refractivity contribution in [2.24, 2.45) is 0 Å². The fraction of sp³-hybridized carbons (Fsp3) is 0.300. The molecule has 130 valence electrons. The van der Waals surface area contributed by atoms with Crippen molar-refractivity contribution in [1.82, 2.24) is 3.12 Å². The fourth-order valence-electron chi connectivity index (χ4n) is 1.64. The van der Waals surface area contributed by atoms with Crippen molar-refractivity contribution in [1.29, 1.82) is 0 Å². The first-order valence-corrected chi connectivity index (χ1v) is 10.7. The zero-order chi connectivity index (χ0) is 18.2. The maximum atomic E-state index is 12.3. The van der Waals surface area contributed by atoms with Crippen molar-refractivity contribution in [3.8, 4) is 5.75 Å². The Morgan fingerprint density at radius 2 is 1.52 bits per heavy atom. The zero-order valence-corrected chi connectivity index (χ0v) is 14.6. The molecule has 0 radical (unpaired) electrons. The summed E-state index contributed by atoms with van der Waals surface area (Å²) in [5.74, 6) is -1.72. The lowest BCUT2D eigenvalue weighted by molar-refractivity contribution is 0.0597. The van der Waals surface area contributed by atoms with Crippen molar-refractivity contribution < 1.29 is 39.9 Å². The molecule has 0 unspecified atom stereocenters. The SMILES string of the molecule is COC(=O)c1cc(S(=O)(=O)N(S(C)(=O)=O)S(C)(=O)=O)ccc1O. The molecule has 0 atom stereocenters. The van der Waals surface area contributed by atoms with Gasteiger partial charge in [0, 0.05) is 3.12 Å². The van der Waals surface area contributed by atoms with Crippen LogP contribution in [-0.2, 0) is 34.8 Å². The Hall–Kier alpha value is -1.70. The number of phenolic OH excluding ortho intramolecular Hbond substituents is 1. The molecule has 0 spiro atoms. The number of ether oxygens (including phenoxy) is 1. The van der Waals surface area contributed by atoms with Crippen LogP contribution in [0.1, 0.15) is 10.4 Å². The van der Waals surface area contributed by atoms with Crippen LogP contribution in [0.2, 0.25) is 0 Å². The lowest BCUT2D eigenvalue weighted by atomic mass is 10.2. The molecule has 1 aromatic rings. The number of phenols is 1. The Labute approximate surface area is 133 Å². The second kappa shape index (κ2) is 6.07. The van der Waals surface area contributed by atoms with E-state index in [2.05, 4.69) is 4.74 Å². The maximum Gasteiger partial charge on any atom is 0.341 e. The van der Waals surface area contributed by atoms with Gasteiger partial charge in [0.2, 0.25) is 20.0 Å². The van der Waals surface area contributed by atoms with Crippen LogP contribution in [0, 0.1) is 0 Å². The van der Waals surface area contributed by atoms with Gasteiger partial charge in [0.25, 0.3) is 10.0 Å². The molecule has 13 heteroatoms. The van der Waals surface area contributed by atoms with E-state index in [1.807, 2.05) is 0 Å². The molecule has 0 aromatic heterocycles. The summed E-state index contributed by atoms with van der Waals surface area (Å²) < 4.78 is 74.6. The summed E-state index contributed by atoms with van der Waals surface area (Å²) in [6.07, 6.45) is 0.792. The highest BCUT2D eigenvalue weighted by molar-refractivity contribution is 8.17. The van der Waals surface area contributed by atoms with Gasteiger partial charge >= 0.3 is 5.97 Å². The lowest BCUT2D eigenvalue weighted by Gasteiger charge is -2.17. The van der Waals surface area contributed by atoms with Gasteiger partial charge in [-0.2, -0.15) is 0 Å². The van der Waals surface area contributed by atoms with Gasteiger partial charge in [-0.3, -0.25) is 0 Å². The van der Waals surface area contributed by atoms with Crippen LogP contribution in [0.15, 0.2) is 23.1 Å². The molecule has 1 N–H and O–H groups in total. The third kappa shape index (κ3) is 3.99. The second-order valence-electron chi connectivity index (χ2n) is 4.34. The lowest BCUT2D eigenvalue weighted by Crippen LogP contribution is -2.40. The van der Waals surface area contributed by atoms with Gasteiger partial charge in [-0.15, -0.1) is 0 Å². The molecular weight excluding hydrogens is 374 g/mol. The quantitative estimate of drug-likeness (QED) is 0.633. The minimum Gasteiger partial charge on any atom is -0.507 e. The molecule has 10 nitrogen and oxygen atoms in total. The van der Waals surface area contributed by atoms with Crippen molar-refractivity contribution in [3.05, 3.63) is 23.8 Å². The number of methoxy groups -OCH3 is 1. The first-order valence-electron chi connectivity index (χ1n) is 5.60. The number of sulfonamides is 3. The highest BCUT2D eigenvalue weighted by Crippen LogP contribution is 2.26. The van der Waals surface area contributed by atoms with E-state index >= 15 is 0 Å². The Morgan fingerprint density at radius 3 is 1.91 bits per heavy atom. The van der Waals surface area contributed by atoms with Crippen LogP contribution >= 0.6 is 0 Å². The summed E-state index contributed by atoms with van der Waals surface area (Å²) in [7, 11) is -13.5. The highest BCUT2D eigenvalue weighted by atomic mass is 32.3. The molecule has 23 heavy (non-hydrogen) atoms. The normalized spacial score (nSPS) is 13.0. The summed E-state index contributed by atoms with van der Waals surface area (Å²) in [5, 5.41) is 9.51. The Morgan fingerprint density at radius 1 is 1.04 bits per heavy atom. The van der Waals surface area contributed by atoms with Gasteiger partial charge in [0.05, 0.1) is 24.5 Å². The summed E-state index contributed by atoms with van der Waals surface area (Å²) in [6, 6.07) is 2.15. The number of carbonyl (C=O) groups is 1. The molecular formula is C10H13NO9S3. The number of benzene rings is 1. The summed E-state index contributed by atoms with van der Waals surface area (Å²) in [5.41, 5.74) is -0.574. The van der Waals surface area contributed by atoms with Crippen molar-refractivity contribution in [3.63, 3.8) is 0 Å². The first kappa shape index (κ1) is 19.3. The number of aromatic hydroxyl groups is 1. The third-order valence-corrected chi connectivity index (χ3v) is 9.16. The van der Waals surface area contributed by atoms with Crippen LogP contribution in [0.3, 0.4) is 0 Å². The Balaban J connectivity index is 3.71. The van der Waals surface area contributed by atoms with Crippen LogP contribution in [-0.4, -0.2) is 59.1 Å². The standard InChI is InChI=1S/C10H13NO9S3/c1-20-10(13)8-6-7(4-5-9(8)12)23(18,19)11(21(2,14)15)22(3,16)17/h4-6,12H,1-3H3. The highest BCUT2D eigenvalue weighted by Gasteiger charge is 2.41. The Bertz CT molecular complexity index is 913.